The van der Waals surface area contributed by atoms with Gasteiger partial charge in [0.2, 0.25) is 0 Å². The summed E-state index contributed by atoms with van der Waals surface area (Å²) in [6.45, 7) is 0. The molecule has 1 nitrogen and oxygen atoms in total. The molecule has 0 fully saturated rings. The average Bonchev–Trinajstić information content (AvgIpc) is 3.59. The highest BCUT2D eigenvalue weighted by molar-refractivity contribution is 6.30. The molecule has 11 aromatic rings. The Kier molecular flexibility index (Phi) is 6.02. The van der Waals surface area contributed by atoms with E-state index in [-0.39, 0.29) is 0 Å². The molecule has 0 atom stereocenters. The Morgan fingerprint density at radius 1 is 0.275 bits per heavy atom. The van der Waals surface area contributed by atoms with Crippen LogP contribution in [0.15, 0.2) is 186 Å². The predicted octanol–water partition coefficient (Wildman–Crippen LogP) is 14.4. The fourth-order valence-corrected chi connectivity index (χ4v) is 8.63. The van der Waals surface area contributed by atoms with Crippen LogP contribution < -0.4 is 0 Å². The van der Waals surface area contributed by atoms with E-state index in [2.05, 4.69) is 182 Å². The molecule has 10 aromatic carbocycles. The minimum atomic E-state index is 0.903. The van der Waals surface area contributed by atoms with E-state index in [4.69, 9.17) is 4.42 Å². The lowest BCUT2D eigenvalue weighted by molar-refractivity contribution is 0.669. The van der Waals surface area contributed by atoms with E-state index in [0.717, 1.165) is 21.9 Å². The van der Waals surface area contributed by atoms with Gasteiger partial charge >= 0.3 is 0 Å². The molecule has 0 spiro atoms. The molecule has 236 valence electrons. The number of fused-ring (bicyclic) bond motifs is 10. The molecule has 0 radical (unpaired) electrons. The third-order valence-electron chi connectivity index (χ3n) is 10.8. The first-order valence-electron chi connectivity index (χ1n) is 17.6. The lowest BCUT2D eigenvalue weighted by atomic mass is 9.83. The van der Waals surface area contributed by atoms with Crippen LogP contribution in [0.4, 0.5) is 0 Å². The summed E-state index contributed by atoms with van der Waals surface area (Å²) in [6, 6.07) is 66.2. The fourth-order valence-electron chi connectivity index (χ4n) is 8.63. The van der Waals surface area contributed by atoms with Crippen molar-refractivity contribution in [1.29, 1.82) is 0 Å². The monoisotopic (exact) mass is 646 g/mol. The molecular weight excluding hydrogens is 617 g/mol. The number of hydrogen-bond donors (Lipinski definition) is 0. The van der Waals surface area contributed by atoms with Crippen LogP contribution in [0.25, 0.3) is 109 Å². The minimum absolute atomic E-state index is 0.903. The van der Waals surface area contributed by atoms with Crippen LogP contribution in [0, 0.1) is 0 Å². The average molecular weight is 647 g/mol. The van der Waals surface area contributed by atoms with Crippen LogP contribution in [0.1, 0.15) is 0 Å². The molecule has 0 aliphatic rings. The van der Waals surface area contributed by atoms with Crippen molar-refractivity contribution in [2.75, 3.05) is 0 Å². The number of furan rings is 1. The molecule has 0 saturated carbocycles. The van der Waals surface area contributed by atoms with Crippen molar-refractivity contribution in [2.45, 2.75) is 0 Å². The first-order chi connectivity index (χ1) is 25.3. The maximum atomic E-state index is 6.64. The molecule has 51 heavy (non-hydrogen) atoms. The molecule has 0 bridgehead atoms. The maximum Gasteiger partial charge on any atom is 0.136 e. The summed E-state index contributed by atoms with van der Waals surface area (Å²) in [5, 5.41) is 14.8. The second kappa shape index (κ2) is 10.9. The molecule has 1 aromatic heterocycles. The van der Waals surface area contributed by atoms with Gasteiger partial charge in [-0.3, -0.25) is 0 Å². The summed E-state index contributed by atoms with van der Waals surface area (Å²) < 4.78 is 6.64. The summed E-state index contributed by atoms with van der Waals surface area (Å²) in [6.07, 6.45) is 0. The van der Waals surface area contributed by atoms with Crippen LogP contribution in [-0.4, -0.2) is 0 Å². The Hall–Kier alpha value is -6.70. The van der Waals surface area contributed by atoms with E-state index >= 15 is 0 Å². The summed E-state index contributed by atoms with van der Waals surface area (Å²) in [4.78, 5) is 0. The Morgan fingerprint density at radius 2 is 0.843 bits per heavy atom. The molecular formula is C50H30O. The molecule has 11 rings (SSSR count). The Labute approximate surface area is 294 Å². The van der Waals surface area contributed by atoms with E-state index in [1.807, 2.05) is 0 Å². The number of hydrogen-bond acceptors (Lipinski definition) is 1. The van der Waals surface area contributed by atoms with Crippen molar-refractivity contribution in [3.8, 4) is 33.4 Å². The van der Waals surface area contributed by atoms with Crippen LogP contribution in [-0.2, 0) is 0 Å². The second-order valence-electron chi connectivity index (χ2n) is 13.5. The van der Waals surface area contributed by atoms with Crippen molar-refractivity contribution in [3.63, 3.8) is 0 Å². The highest BCUT2D eigenvalue weighted by Gasteiger charge is 2.22. The van der Waals surface area contributed by atoms with Gasteiger partial charge in [0.25, 0.3) is 0 Å². The molecule has 0 aliphatic heterocycles. The van der Waals surface area contributed by atoms with Crippen LogP contribution in [0.5, 0.6) is 0 Å². The molecule has 0 aliphatic carbocycles. The zero-order chi connectivity index (χ0) is 33.5. The Morgan fingerprint density at radius 3 is 1.61 bits per heavy atom. The van der Waals surface area contributed by atoms with Gasteiger partial charge in [-0.05, 0) is 105 Å². The molecule has 0 saturated heterocycles. The normalized spacial score (nSPS) is 11.9. The van der Waals surface area contributed by atoms with Crippen molar-refractivity contribution >= 4 is 75.8 Å². The third-order valence-corrected chi connectivity index (χ3v) is 10.8. The lowest BCUT2D eigenvalue weighted by Gasteiger charge is -2.19. The maximum absolute atomic E-state index is 6.64. The van der Waals surface area contributed by atoms with Crippen LogP contribution >= 0.6 is 0 Å². The standard InChI is InChI=1S/C50H30O/c1-2-12-31(13-3-1)33-25-27-36-34(30-33)26-29-46-49(36)50-44(22-11-23-45(50)51-46)48-42-18-8-6-16-40(42)47(41-17-7-9-19-43(41)48)39-21-10-20-37-35-15-5-4-14-32(35)24-28-38(37)39/h1-30H. The Bertz CT molecular complexity index is 3130. The van der Waals surface area contributed by atoms with Crippen LogP contribution in [0.3, 0.4) is 0 Å². The molecule has 0 N–H and O–H groups in total. The smallest absolute Gasteiger partial charge is 0.136 e. The second-order valence-corrected chi connectivity index (χ2v) is 13.5. The van der Waals surface area contributed by atoms with Gasteiger partial charge in [0.1, 0.15) is 11.2 Å². The van der Waals surface area contributed by atoms with E-state index < -0.39 is 0 Å². The van der Waals surface area contributed by atoms with E-state index in [1.54, 1.807) is 0 Å². The van der Waals surface area contributed by atoms with E-state index in [9.17, 15) is 0 Å². The quantitative estimate of drug-likeness (QED) is 0.138. The first-order valence-corrected chi connectivity index (χ1v) is 17.6. The van der Waals surface area contributed by atoms with Gasteiger partial charge in [-0.25, -0.2) is 0 Å². The molecule has 1 heteroatoms. The van der Waals surface area contributed by atoms with Gasteiger partial charge in [0, 0.05) is 10.8 Å². The third kappa shape index (κ3) is 4.16. The first kappa shape index (κ1) is 28.2. The van der Waals surface area contributed by atoms with Crippen LogP contribution in [0.2, 0.25) is 0 Å². The SMILES string of the molecule is c1ccc(-c2ccc3c(ccc4oc5cccc(-c6c7ccccc7c(-c7cccc8c7ccc7ccccc78)c7ccccc67)c5c43)c2)cc1. The molecule has 0 unspecified atom stereocenters. The summed E-state index contributed by atoms with van der Waals surface area (Å²) in [5.41, 5.74) is 9.19. The van der Waals surface area contributed by atoms with Crippen molar-refractivity contribution < 1.29 is 4.42 Å². The molecule has 0 amide bonds. The zero-order valence-corrected chi connectivity index (χ0v) is 27.7. The zero-order valence-electron chi connectivity index (χ0n) is 27.7. The van der Waals surface area contributed by atoms with Gasteiger partial charge < -0.3 is 4.42 Å². The van der Waals surface area contributed by atoms with Crippen molar-refractivity contribution in [3.05, 3.63) is 182 Å². The largest absolute Gasteiger partial charge is 0.456 e. The van der Waals surface area contributed by atoms with Crippen molar-refractivity contribution in [2.24, 2.45) is 0 Å². The van der Waals surface area contributed by atoms with Gasteiger partial charge in [-0.1, -0.05) is 164 Å². The topological polar surface area (TPSA) is 13.1 Å². The Balaban J connectivity index is 1.24. The van der Waals surface area contributed by atoms with Gasteiger partial charge in [0.15, 0.2) is 0 Å². The van der Waals surface area contributed by atoms with Gasteiger partial charge in [0.05, 0.1) is 0 Å². The highest BCUT2D eigenvalue weighted by atomic mass is 16.3. The summed E-state index contributed by atoms with van der Waals surface area (Å²) in [5.74, 6) is 0. The predicted molar refractivity (Wildman–Crippen MR) is 218 cm³/mol. The fraction of sp³-hybridized carbons (Fsp3) is 0. The lowest BCUT2D eigenvalue weighted by Crippen LogP contribution is -1.92. The molecule has 1 heterocycles. The van der Waals surface area contributed by atoms with Gasteiger partial charge in [-0.15, -0.1) is 0 Å². The van der Waals surface area contributed by atoms with Gasteiger partial charge in [-0.2, -0.15) is 0 Å². The minimum Gasteiger partial charge on any atom is -0.456 e. The highest BCUT2D eigenvalue weighted by Crippen LogP contribution is 2.49. The van der Waals surface area contributed by atoms with E-state index in [0.29, 0.717) is 0 Å². The number of benzene rings is 10. The van der Waals surface area contributed by atoms with Crippen molar-refractivity contribution in [1.82, 2.24) is 0 Å². The number of rotatable bonds is 3. The van der Waals surface area contributed by atoms with E-state index in [1.165, 1.54) is 87.2 Å². The summed E-state index contributed by atoms with van der Waals surface area (Å²) in [7, 11) is 0. The summed E-state index contributed by atoms with van der Waals surface area (Å²) >= 11 is 0.